The van der Waals surface area contributed by atoms with E-state index in [2.05, 4.69) is 28.5 Å². The number of hydrogen-bond acceptors (Lipinski definition) is 4. The Labute approximate surface area is 154 Å². The van der Waals surface area contributed by atoms with Crippen molar-refractivity contribution in [1.82, 2.24) is 0 Å². The SMILES string of the molecule is CCCCCCCCC=CCCCCCCCC(=O)OC(=O)OCC. The molecule has 0 aliphatic rings. The summed E-state index contributed by atoms with van der Waals surface area (Å²) < 4.78 is 9.05. The molecule has 0 spiro atoms. The van der Waals surface area contributed by atoms with Gasteiger partial charge in [-0.25, -0.2) is 4.79 Å². The lowest BCUT2D eigenvalue weighted by molar-refractivity contribution is -0.139. The summed E-state index contributed by atoms with van der Waals surface area (Å²) in [4.78, 5) is 22.3. The average Bonchev–Trinajstić information content (AvgIpc) is 2.58. The number of rotatable bonds is 16. The molecular weight excluding hydrogens is 316 g/mol. The van der Waals surface area contributed by atoms with E-state index in [1.807, 2.05) is 0 Å². The van der Waals surface area contributed by atoms with Crippen LogP contribution in [-0.2, 0) is 14.3 Å². The molecule has 0 saturated carbocycles. The fraction of sp³-hybridized carbons (Fsp3) is 0.810. The van der Waals surface area contributed by atoms with Crippen molar-refractivity contribution in [3.05, 3.63) is 12.2 Å². The van der Waals surface area contributed by atoms with Gasteiger partial charge in [0.15, 0.2) is 0 Å². The third-order valence-electron chi connectivity index (χ3n) is 4.10. The normalized spacial score (nSPS) is 11.0. The first-order chi connectivity index (χ1) is 12.2. The van der Waals surface area contributed by atoms with Crippen LogP contribution in [0, 0.1) is 0 Å². The summed E-state index contributed by atoms with van der Waals surface area (Å²) in [6.07, 6.45) is 19.8. The van der Waals surface area contributed by atoms with Crippen molar-refractivity contribution in [1.29, 1.82) is 0 Å². The fourth-order valence-corrected chi connectivity index (χ4v) is 2.63. The van der Waals surface area contributed by atoms with Gasteiger partial charge in [-0.15, -0.1) is 0 Å². The van der Waals surface area contributed by atoms with Crippen molar-refractivity contribution in [2.24, 2.45) is 0 Å². The zero-order chi connectivity index (χ0) is 18.6. The standard InChI is InChI=1S/C21H38O4/c1-3-5-6-7-8-9-10-11-12-13-14-15-16-17-18-19-20(22)25-21(23)24-4-2/h11-12H,3-10,13-19H2,1-2H3. The van der Waals surface area contributed by atoms with E-state index in [9.17, 15) is 9.59 Å². The van der Waals surface area contributed by atoms with Gasteiger partial charge in [0.25, 0.3) is 0 Å². The molecule has 0 heterocycles. The van der Waals surface area contributed by atoms with Crippen molar-refractivity contribution in [3.63, 3.8) is 0 Å². The van der Waals surface area contributed by atoms with Gasteiger partial charge in [0.05, 0.1) is 6.61 Å². The summed E-state index contributed by atoms with van der Waals surface area (Å²) in [5.74, 6) is -0.490. The number of esters is 1. The highest BCUT2D eigenvalue weighted by atomic mass is 16.7. The zero-order valence-corrected chi connectivity index (χ0v) is 16.4. The average molecular weight is 355 g/mol. The van der Waals surface area contributed by atoms with Gasteiger partial charge in [0, 0.05) is 6.42 Å². The number of unbranched alkanes of at least 4 members (excludes halogenated alkanes) is 11. The van der Waals surface area contributed by atoms with Crippen molar-refractivity contribution >= 4 is 12.1 Å². The number of ether oxygens (including phenoxy) is 2. The highest BCUT2D eigenvalue weighted by Gasteiger charge is 2.10. The number of carbonyl (C=O) groups is 2. The van der Waals surface area contributed by atoms with Crippen molar-refractivity contribution in [2.75, 3.05) is 6.61 Å². The molecule has 0 rings (SSSR count). The second-order valence-electron chi connectivity index (χ2n) is 6.49. The molecule has 0 aliphatic heterocycles. The van der Waals surface area contributed by atoms with E-state index in [1.165, 1.54) is 57.8 Å². The van der Waals surface area contributed by atoms with Crippen LogP contribution in [0.1, 0.15) is 104 Å². The lowest BCUT2D eigenvalue weighted by atomic mass is 10.1. The topological polar surface area (TPSA) is 52.6 Å². The minimum absolute atomic E-state index is 0.222. The predicted molar refractivity (Wildman–Crippen MR) is 103 cm³/mol. The molecule has 146 valence electrons. The van der Waals surface area contributed by atoms with Crippen LogP contribution in [0.5, 0.6) is 0 Å². The van der Waals surface area contributed by atoms with E-state index in [0.717, 1.165) is 25.7 Å². The summed E-state index contributed by atoms with van der Waals surface area (Å²) in [6.45, 7) is 4.15. The Bertz CT molecular complexity index is 350. The third-order valence-corrected chi connectivity index (χ3v) is 4.10. The van der Waals surface area contributed by atoms with E-state index in [0.29, 0.717) is 0 Å². The van der Waals surface area contributed by atoms with Crippen LogP contribution in [-0.4, -0.2) is 18.7 Å². The van der Waals surface area contributed by atoms with E-state index < -0.39 is 12.1 Å². The first-order valence-corrected chi connectivity index (χ1v) is 10.2. The molecule has 0 fully saturated rings. The van der Waals surface area contributed by atoms with Crippen LogP contribution < -0.4 is 0 Å². The molecule has 4 heteroatoms. The Morgan fingerprint density at radius 1 is 0.720 bits per heavy atom. The monoisotopic (exact) mass is 354 g/mol. The number of allylic oxidation sites excluding steroid dienone is 2. The van der Waals surface area contributed by atoms with Crippen LogP contribution in [0.4, 0.5) is 4.79 Å². The Morgan fingerprint density at radius 2 is 1.24 bits per heavy atom. The number of carbonyl (C=O) groups excluding carboxylic acids is 2. The first-order valence-electron chi connectivity index (χ1n) is 10.2. The molecule has 0 radical (unpaired) electrons. The second kappa shape index (κ2) is 19.0. The van der Waals surface area contributed by atoms with Gasteiger partial charge in [0.2, 0.25) is 0 Å². The number of hydrogen-bond donors (Lipinski definition) is 0. The van der Waals surface area contributed by atoms with Crippen LogP contribution >= 0.6 is 0 Å². The van der Waals surface area contributed by atoms with Gasteiger partial charge in [-0.3, -0.25) is 4.79 Å². The summed E-state index contributed by atoms with van der Waals surface area (Å²) in [5, 5.41) is 0. The molecular formula is C21H38O4. The second-order valence-corrected chi connectivity index (χ2v) is 6.49. The third kappa shape index (κ3) is 18.9. The molecule has 0 aromatic heterocycles. The molecule has 4 nitrogen and oxygen atoms in total. The predicted octanol–water partition coefficient (Wildman–Crippen LogP) is 6.72. The van der Waals surface area contributed by atoms with Gasteiger partial charge in [0.1, 0.15) is 0 Å². The van der Waals surface area contributed by atoms with Crippen molar-refractivity contribution < 1.29 is 19.1 Å². The van der Waals surface area contributed by atoms with Gasteiger partial charge < -0.3 is 9.47 Å². The van der Waals surface area contributed by atoms with Crippen LogP contribution in [0.3, 0.4) is 0 Å². The van der Waals surface area contributed by atoms with Gasteiger partial charge in [-0.1, -0.05) is 70.4 Å². The largest absolute Gasteiger partial charge is 0.516 e. The Kier molecular flexibility index (Phi) is 18.0. The van der Waals surface area contributed by atoms with E-state index in [4.69, 9.17) is 0 Å². The van der Waals surface area contributed by atoms with Crippen molar-refractivity contribution in [2.45, 2.75) is 104 Å². The van der Waals surface area contributed by atoms with Crippen LogP contribution in [0.25, 0.3) is 0 Å². The van der Waals surface area contributed by atoms with Crippen LogP contribution in [0.15, 0.2) is 12.2 Å². The Balaban J connectivity index is 3.26. The molecule has 0 amide bonds. The van der Waals surface area contributed by atoms with Gasteiger partial charge in [-0.05, 0) is 39.0 Å². The maximum absolute atomic E-state index is 11.3. The molecule has 0 saturated heterocycles. The van der Waals surface area contributed by atoms with E-state index in [1.54, 1.807) is 6.92 Å². The van der Waals surface area contributed by atoms with Crippen molar-refractivity contribution in [3.8, 4) is 0 Å². The molecule has 0 N–H and O–H groups in total. The quantitative estimate of drug-likeness (QED) is 0.133. The fourth-order valence-electron chi connectivity index (χ4n) is 2.63. The van der Waals surface area contributed by atoms with E-state index in [-0.39, 0.29) is 13.0 Å². The summed E-state index contributed by atoms with van der Waals surface area (Å²) in [7, 11) is 0. The maximum atomic E-state index is 11.3. The minimum atomic E-state index is -0.889. The zero-order valence-electron chi connectivity index (χ0n) is 16.4. The summed E-state index contributed by atoms with van der Waals surface area (Å²) >= 11 is 0. The molecule has 25 heavy (non-hydrogen) atoms. The smallest absolute Gasteiger partial charge is 0.434 e. The van der Waals surface area contributed by atoms with Gasteiger partial charge in [-0.2, -0.15) is 0 Å². The van der Waals surface area contributed by atoms with E-state index >= 15 is 0 Å². The first kappa shape index (κ1) is 23.7. The molecule has 0 aliphatic carbocycles. The summed E-state index contributed by atoms with van der Waals surface area (Å²) in [5.41, 5.74) is 0. The maximum Gasteiger partial charge on any atom is 0.516 e. The molecule has 0 bridgehead atoms. The van der Waals surface area contributed by atoms with Gasteiger partial charge >= 0.3 is 12.1 Å². The highest BCUT2D eigenvalue weighted by molar-refractivity contribution is 5.81. The van der Waals surface area contributed by atoms with Crippen LogP contribution in [0.2, 0.25) is 0 Å². The molecule has 0 aromatic rings. The highest BCUT2D eigenvalue weighted by Crippen LogP contribution is 2.10. The Morgan fingerprint density at radius 3 is 1.80 bits per heavy atom. The summed E-state index contributed by atoms with van der Waals surface area (Å²) in [6, 6.07) is 0. The molecule has 0 aromatic carbocycles. The molecule has 0 unspecified atom stereocenters. The Hall–Kier alpha value is -1.32. The molecule has 0 atom stereocenters. The minimum Gasteiger partial charge on any atom is -0.434 e. The lowest BCUT2D eigenvalue weighted by Crippen LogP contribution is -2.13. The lowest BCUT2D eigenvalue weighted by Gasteiger charge is -2.03.